The summed E-state index contributed by atoms with van der Waals surface area (Å²) in [5.41, 5.74) is 0. The average Bonchev–Trinajstić information content (AvgIpc) is 2.19. The first-order chi connectivity index (χ1) is 3.93. The molecule has 1 aliphatic rings. The zero-order valence-electron chi connectivity index (χ0n) is 5.15. The molecule has 1 N–H and O–H groups in total. The van der Waals surface area contributed by atoms with Crippen molar-refractivity contribution in [1.29, 1.82) is 0 Å². The Hall–Kier alpha value is -0.660. The summed E-state index contributed by atoms with van der Waals surface area (Å²) >= 11 is 0. The lowest BCUT2D eigenvalue weighted by atomic mass is 10.5. The van der Waals surface area contributed by atoms with E-state index < -0.39 is 0 Å². The van der Waals surface area contributed by atoms with E-state index in [1.54, 1.807) is 0 Å². The Morgan fingerprint density at radius 1 is 1.88 bits per heavy atom. The lowest BCUT2D eigenvalue weighted by Crippen LogP contribution is -2.16. The lowest BCUT2D eigenvalue weighted by Gasteiger charge is -1.99. The Labute approximate surface area is 50.0 Å². The quantitative estimate of drug-likeness (QED) is 0.550. The maximum atomic E-state index is 4.17. The maximum Gasteiger partial charge on any atom is 0.116 e. The van der Waals surface area contributed by atoms with Crippen molar-refractivity contribution in [1.82, 2.24) is 10.6 Å². The van der Waals surface area contributed by atoms with Crippen LogP contribution in [0, 0.1) is 0 Å². The molecule has 1 rings (SSSR count). The number of hydrogen-bond donors (Lipinski definition) is 1. The van der Waals surface area contributed by atoms with Gasteiger partial charge in [-0.1, -0.05) is 0 Å². The Kier molecular flexibility index (Phi) is 1.78. The van der Waals surface area contributed by atoms with Crippen LogP contribution in [0.3, 0.4) is 0 Å². The Morgan fingerprint density at radius 2 is 2.75 bits per heavy atom. The molecule has 1 aliphatic heterocycles. The van der Waals surface area contributed by atoms with Crippen LogP contribution in [0.5, 0.6) is 0 Å². The molecule has 1 radical (unpaired) electrons. The minimum atomic E-state index is 0.888. The topological polar surface area (TPSA) is 26.1 Å². The second-order valence-electron chi connectivity index (χ2n) is 1.78. The van der Waals surface area contributed by atoms with Crippen LogP contribution in [0.4, 0.5) is 0 Å². The summed E-state index contributed by atoms with van der Waals surface area (Å²) in [6.07, 6.45) is 3.27. The first-order valence-corrected chi connectivity index (χ1v) is 3.05. The van der Waals surface area contributed by atoms with Gasteiger partial charge in [-0.2, -0.15) is 0 Å². The molecule has 0 spiro atoms. The molecule has 0 aromatic rings. The van der Waals surface area contributed by atoms with Gasteiger partial charge in [0.15, 0.2) is 0 Å². The first-order valence-electron chi connectivity index (χ1n) is 3.05. The molecule has 2 heteroatoms. The molecule has 0 bridgehead atoms. The van der Waals surface area contributed by atoms with E-state index in [0.717, 1.165) is 25.3 Å². The van der Waals surface area contributed by atoms with Crippen molar-refractivity contribution < 1.29 is 0 Å². The summed E-state index contributed by atoms with van der Waals surface area (Å²) in [6, 6.07) is 0. The fourth-order valence-electron chi connectivity index (χ4n) is 0.772. The fraction of sp³-hybridized carbons (Fsp3) is 0.667. The lowest BCUT2D eigenvalue weighted by molar-refractivity contribution is 0.738. The summed E-state index contributed by atoms with van der Waals surface area (Å²) < 4.78 is 0. The third kappa shape index (κ3) is 1.15. The molecule has 0 atom stereocenters. The number of hydrogen-bond acceptors (Lipinski definition) is 1. The van der Waals surface area contributed by atoms with Crippen LogP contribution < -0.4 is 10.6 Å². The molecule has 0 aromatic carbocycles. The van der Waals surface area contributed by atoms with Crippen LogP contribution in [-0.4, -0.2) is 13.1 Å². The van der Waals surface area contributed by atoms with Crippen LogP contribution in [-0.2, 0) is 0 Å². The normalized spacial score (nSPS) is 17.4. The van der Waals surface area contributed by atoms with Crippen molar-refractivity contribution in [3.05, 3.63) is 11.9 Å². The molecule has 0 unspecified atom stereocenters. The molecular formula is C6H11N2. The van der Waals surface area contributed by atoms with E-state index in [1.807, 2.05) is 6.92 Å². The minimum Gasteiger partial charge on any atom is -0.370 e. The fourth-order valence-corrected chi connectivity index (χ4v) is 0.772. The predicted molar refractivity (Wildman–Crippen MR) is 33.4 cm³/mol. The van der Waals surface area contributed by atoms with Crippen molar-refractivity contribution in [3.63, 3.8) is 0 Å². The summed E-state index contributed by atoms with van der Waals surface area (Å²) in [5.74, 6) is 1.08. The van der Waals surface area contributed by atoms with Gasteiger partial charge >= 0.3 is 0 Å². The molecule has 2 nitrogen and oxygen atoms in total. The molecule has 1 heterocycles. The van der Waals surface area contributed by atoms with Gasteiger partial charge in [-0.05, 0) is 19.4 Å². The summed E-state index contributed by atoms with van der Waals surface area (Å²) in [5, 5.41) is 7.33. The predicted octanol–water partition coefficient (Wildman–Crippen LogP) is 0.445. The highest BCUT2D eigenvalue weighted by Crippen LogP contribution is 1.96. The second-order valence-corrected chi connectivity index (χ2v) is 1.78. The zero-order chi connectivity index (χ0) is 5.82. The van der Waals surface area contributed by atoms with Gasteiger partial charge in [0.2, 0.25) is 0 Å². The van der Waals surface area contributed by atoms with Gasteiger partial charge in [-0.3, -0.25) is 5.32 Å². The van der Waals surface area contributed by atoms with Crippen LogP contribution >= 0.6 is 0 Å². The van der Waals surface area contributed by atoms with Gasteiger partial charge in [0.1, 0.15) is 5.82 Å². The van der Waals surface area contributed by atoms with Crippen molar-refractivity contribution in [2.24, 2.45) is 0 Å². The monoisotopic (exact) mass is 111 g/mol. The molecule has 45 valence electrons. The highest BCUT2D eigenvalue weighted by atomic mass is 15.1. The van der Waals surface area contributed by atoms with E-state index in [-0.39, 0.29) is 0 Å². The number of nitrogens with zero attached hydrogens (tertiary/aromatic N) is 1. The largest absolute Gasteiger partial charge is 0.370 e. The molecule has 8 heavy (non-hydrogen) atoms. The molecular weight excluding hydrogens is 100 g/mol. The van der Waals surface area contributed by atoms with Crippen LogP contribution in [0.25, 0.3) is 0 Å². The van der Waals surface area contributed by atoms with E-state index in [4.69, 9.17) is 0 Å². The third-order valence-electron chi connectivity index (χ3n) is 1.12. The van der Waals surface area contributed by atoms with E-state index >= 15 is 0 Å². The van der Waals surface area contributed by atoms with Gasteiger partial charge in [0.25, 0.3) is 0 Å². The summed E-state index contributed by atoms with van der Waals surface area (Å²) in [6.45, 7) is 4.00. The standard InChI is InChI=1S/C6H11N2/c1-2-7-6-4-3-5-8-6/h4,8H,2-3,5H2,1H3. The van der Waals surface area contributed by atoms with Crippen LogP contribution in [0.1, 0.15) is 13.3 Å². The van der Waals surface area contributed by atoms with E-state index in [1.165, 1.54) is 0 Å². The molecule has 0 fully saturated rings. The van der Waals surface area contributed by atoms with Gasteiger partial charge in [0.05, 0.1) is 0 Å². The Balaban J connectivity index is 2.23. The van der Waals surface area contributed by atoms with Crippen molar-refractivity contribution in [3.8, 4) is 0 Å². The Bertz CT molecular complexity index is 96.7. The zero-order valence-corrected chi connectivity index (χ0v) is 5.15. The van der Waals surface area contributed by atoms with Crippen LogP contribution in [0.2, 0.25) is 0 Å². The van der Waals surface area contributed by atoms with Gasteiger partial charge in [-0.15, -0.1) is 0 Å². The van der Waals surface area contributed by atoms with Gasteiger partial charge in [0, 0.05) is 13.1 Å². The minimum absolute atomic E-state index is 0.888. The van der Waals surface area contributed by atoms with Crippen molar-refractivity contribution in [2.45, 2.75) is 13.3 Å². The number of nitrogens with one attached hydrogen (secondary N) is 1. The highest BCUT2D eigenvalue weighted by Gasteiger charge is 1.99. The molecule has 0 saturated carbocycles. The van der Waals surface area contributed by atoms with Crippen LogP contribution in [0.15, 0.2) is 11.9 Å². The molecule has 0 aromatic heterocycles. The maximum absolute atomic E-state index is 4.17. The number of rotatable bonds is 2. The first kappa shape index (κ1) is 5.48. The van der Waals surface area contributed by atoms with E-state index in [0.29, 0.717) is 0 Å². The SMILES string of the molecule is CC[N]C1=CCCN1. The van der Waals surface area contributed by atoms with E-state index in [9.17, 15) is 0 Å². The highest BCUT2D eigenvalue weighted by molar-refractivity contribution is 5.02. The summed E-state index contributed by atoms with van der Waals surface area (Å²) in [7, 11) is 0. The smallest absolute Gasteiger partial charge is 0.116 e. The van der Waals surface area contributed by atoms with Crippen molar-refractivity contribution >= 4 is 0 Å². The third-order valence-corrected chi connectivity index (χ3v) is 1.12. The summed E-state index contributed by atoms with van der Waals surface area (Å²) in [4.78, 5) is 0. The molecule has 0 aliphatic carbocycles. The van der Waals surface area contributed by atoms with Gasteiger partial charge in [-0.25, -0.2) is 0 Å². The van der Waals surface area contributed by atoms with E-state index in [2.05, 4.69) is 16.7 Å². The molecule has 0 saturated heterocycles. The molecule has 0 amide bonds. The average molecular weight is 111 g/mol. The Morgan fingerprint density at radius 3 is 3.25 bits per heavy atom. The van der Waals surface area contributed by atoms with Gasteiger partial charge < -0.3 is 5.32 Å². The van der Waals surface area contributed by atoms with Crippen molar-refractivity contribution in [2.75, 3.05) is 13.1 Å². The second kappa shape index (κ2) is 2.60.